The average molecular weight is 155 g/mol. The lowest BCUT2D eigenvalue weighted by Gasteiger charge is -2.41. The lowest BCUT2D eigenvalue weighted by Crippen LogP contribution is -2.44. The van der Waals surface area contributed by atoms with Crippen molar-refractivity contribution in [2.24, 2.45) is 5.41 Å². The Labute approximate surface area is 70.8 Å². The van der Waals surface area contributed by atoms with Crippen molar-refractivity contribution in [1.29, 1.82) is 0 Å². The van der Waals surface area contributed by atoms with Crippen LogP contribution in [0.2, 0.25) is 0 Å². The van der Waals surface area contributed by atoms with Crippen molar-refractivity contribution in [1.82, 2.24) is 4.90 Å². The lowest BCUT2D eigenvalue weighted by molar-refractivity contribution is 0.0883. The highest BCUT2D eigenvalue weighted by molar-refractivity contribution is 4.84. The van der Waals surface area contributed by atoms with E-state index in [9.17, 15) is 0 Å². The highest BCUT2D eigenvalue weighted by atomic mass is 15.1. The molecule has 1 aliphatic rings. The first-order valence-corrected chi connectivity index (χ1v) is 4.72. The summed E-state index contributed by atoms with van der Waals surface area (Å²) in [5.41, 5.74) is 0.467. The van der Waals surface area contributed by atoms with Gasteiger partial charge in [0.05, 0.1) is 0 Å². The van der Waals surface area contributed by atoms with Crippen LogP contribution in [0, 0.1) is 5.41 Å². The van der Waals surface area contributed by atoms with Crippen LogP contribution >= 0.6 is 0 Å². The molecule has 0 unspecified atom stereocenters. The van der Waals surface area contributed by atoms with Crippen molar-refractivity contribution in [3.8, 4) is 0 Å². The molecule has 0 amide bonds. The second kappa shape index (κ2) is 3.14. The van der Waals surface area contributed by atoms with E-state index in [1.54, 1.807) is 0 Å². The molecule has 0 aromatic carbocycles. The Morgan fingerprint density at radius 2 is 1.82 bits per heavy atom. The van der Waals surface area contributed by atoms with Crippen molar-refractivity contribution in [2.75, 3.05) is 13.6 Å². The normalized spacial score (nSPS) is 28.9. The fourth-order valence-corrected chi connectivity index (χ4v) is 2.17. The second-order valence-electron chi connectivity index (χ2n) is 4.86. The Morgan fingerprint density at radius 3 is 2.18 bits per heavy atom. The predicted molar refractivity (Wildman–Crippen MR) is 49.7 cm³/mol. The topological polar surface area (TPSA) is 3.24 Å². The van der Waals surface area contributed by atoms with E-state index in [-0.39, 0.29) is 0 Å². The van der Waals surface area contributed by atoms with Crippen molar-refractivity contribution in [3.63, 3.8) is 0 Å². The quantitative estimate of drug-likeness (QED) is 0.519. The predicted octanol–water partition coefficient (Wildman–Crippen LogP) is 2.52. The van der Waals surface area contributed by atoms with Gasteiger partial charge in [-0.25, -0.2) is 0 Å². The average Bonchev–Trinajstić information content (AvgIpc) is 1.86. The maximum Gasteiger partial charge on any atom is 0.0141 e. The van der Waals surface area contributed by atoms with Gasteiger partial charge in [0, 0.05) is 6.04 Å². The fraction of sp³-hybridized carbons (Fsp3) is 1.00. The van der Waals surface area contributed by atoms with Crippen molar-refractivity contribution >= 4 is 0 Å². The molecule has 1 fully saturated rings. The molecule has 1 heteroatoms. The van der Waals surface area contributed by atoms with E-state index in [1.807, 2.05) is 0 Å². The zero-order valence-electron chi connectivity index (χ0n) is 8.35. The summed E-state index contributed by atoms with van der Waals surface area (Å²) in [5.74, 6) is 0. The zero-order valence-corrected chi connectivity index (χ0v) is 8.35. The molecule has 0 spiro atoms. The molecule has 0 saturated carbocycles. The Morgan fingerprint density at radius 1 is 1.18 bits per heavy atom. The Hall–Kier alpha value is -0.0400. The molecule has 11 heavy (non-hydrogen) atoms. The van der Waals surface area contributed by atoms with Crippen LogP contribution in [-0.2, 0) is 0 Å². The van der Waals surface area contributed by atoms with Gasteiger partial charge in [0.25, 0.3) is 0 Å². The molecule has 0 aliphatic carbocycles. The van der Waals surface area contributed by atoms with Crippen LogP contribution in [0.25, 0.3) is 0 Å². The molecule has 1 atom stereocenters. The van der Waals surface area contributed by atoms with Crippen molar-refractivity contribution < 1.29 is 0 Å². The van der Waals surface area contributed by atoms with Crippen molar-refractivity contribution in [3.05, 3.63) is 0 Å². The molecule has 0 radical (unpaired) electrons. The number of likely N-dealkylation sites (tertiary alicyclic amines) is 1. The maximum atomic E-state index is 2.52. The van der Waals surface area contributed by atoms with E-state index in [2.05, 4.69) is 32.7 Å². The minimum atomic E-state index is 0.467. The molecular weight excluding hydrogens is 134 g/mol. The van der Waals surface area contributed by atoms with Crippen LogP contribution in [0.4, 0.5) is 0 Å². The van der Waals surface area contributed by atoms with E-state index in [0.717, 1.165) is 6.04 Å². The third-order valence-electron chi connectivity index (χ3n) is 2.77. The molecule has 0 aromatic rings. The third-order valence-corrected chi connectivity index (χ3v) is 2.77. The summed E-state index contributed by atoms with van der Waals surface area (Å²) >= 11 is 0. The first-order chi connectivity index (χ1) is 5.02. The highest BCUT2D eigenvalue weighted by Gasteiger charge is 2.29. The van der Waals surface area contributed by atoms with Crippen LogP contribution in [0.3, 0.4) is 0 Å². The van der Waals surface area contributed by atoms with E-state index in [0.29, 0.717) is 5.41 Å². The maximum absolute atomic E-state index is 2.52. The first-order valence-electron chi connectivity index (χ1n) is 4.72. The number of rotatable bonds is 0. The molecule has 1 saturated heterocycles. The molecule has 1 heterocycles. The summed E-state index contributed by atoms with van der Waals surface area (Å²) in [7, 11) is 2.26. The van der Waals surface area contributed by atoms with Crippen molar-refractivity contribution in [2.45, 2.75) is 46.1 Å². The standard InChI is InChI=1S/C10H21N/c1-10(2,3)9-7-5-6-8-11(9)4/h9H,5-8H2,1-4H3/t9-/m0/s1. The van der Waals surface area contributed by atoms with Crippen LogP contribution < -0.4 is 0 Å². The summed E-state index contributed by atoms with van der Waals surface area (Å²) in [6.07, 6.45) is 4.20. The summed E-state index contributed by atoms with van der Waals surface area (Å²) in [5, 5.41) is 0. The molecule has 0 bridgehead atoms. The molecular formula is C10H21N. The Kier molecular flexibility index (Phi) is 2.58. The fourth-order valence-electron chi connectivity index (χ4n) is 2.17. The number of hydrogen-bond acceptors (Lipinski definition) is 1. The minimum Gasteiger partial charge on any atom is -0.303 e. The molecule has 0 aromatic heterocycles. The molecule has 1 rings (SSSR count). The Bertz CT molecular complexity index is 123. The van der Waals surface area contributed by atoms with Gasteiger partial charge in [-0.3, -0.25) is 0 Å². The van der Waals surface area contributed by atoms with Gasteiger partial charge in [0.2, 0.25) is 0 Å². The first kappa shape index (κ1) is 9.05. The summed E-state index contributed by atoms with van der Waals surface area (Å²) in [4.78, 5) is 2.52. The largest absolute Gasteiger partial charge is 0.303 e. The van der Waals surface area contributed by atoms with Gasteiger partial charge in [-0.15, -0.1) is 0 Å². The van der Waals surface area contributed by atoms with Gasteiger partial charge in [0.1, 0.15) is 0 Å². The summed E-state index contributed by atoms with van der Waals surface area (Å²) < 4.78 is 0. The summed E-state index contributed by atoms with van der Waals surface area (Å²) in [6.45, 7) is 8.33. The van der Waals surface area contributed by atoms with Gasteiger partial charge in [-0.05, 0) is 31.8 Å². The van der Waals surface area contributed by atoms with E-state index < -0.39 is 0 Å². The van der Waals surface area contributed by atoms with Crippen LogP contribution in [0.5, 0.6) is 0 Å². The molecule has 66 valence electrons. The van der Waals surface area contributed by atoms with E-state index in [4.69, 9.17) is 0 Å². The van der Waals surface area contributed by atoms with Crippen LogP contribution in [0.1, 0.15) is 40.0 Å². The van der Waals surface area contributed by atoms with Gasteiger partial charge in [-0.2, -0.15) is 0 Å². The zero-order chi connectivity index (χ0) is 8.48. The smallest absolute Gasteiger partial charge is 0.0141 e. The summed E-state index contributed by atoms with van der Waals surface area (Å²) in [6, 6.07) is 0.802. The molecule has 1 nitrogen and oxygen atoms in total. The van der Waals surface area contributed by atoms with Gasteiger partial charge in [-0.1, -0.05) is 27.2 Å². The van der Waals surface area contributed by atoms with Gasteiger partial charge in [0.15, 0.2) is 0 Å². The Balaban J connectivity index is 2.55. The van der Waals surface area contributed by atoms with Gasteiger partial charge < -0.3 is 4.90 Å². The number of piperidine rings is 1. The number of nitrogens with zero attached hydrogens (tertiary/aromatic N) is 1. The van der Waals surface area contributed by atoms with Gasteiger partial charge >= 0.3 is 0 Å². The van der Waals surface area contributed by atoms with Crippen LogP contribution in [-0.4, -0.2) is 24.5 Å². The van der Waals surface area contributed by atoms with E-state index in [1.165, 1.54) is 25.8 Å². The number of hydrogen-bond donors (Lipinski definition) is 0. The highest BCUT2D eigenvalue weighted by Crippen LogP contribution is 2.30. The molecule has 0 N–H and O–H groups in total. The third kappa shape index (κ3) is 2.19. The minimum absolute atomic E-state index is 0.467. The SMILES string of the molecule is CN1CCCC[C@H]1C(C)(C)C. The van der Waals surface area contributed by atoms with E-state index >= 15 is 0 Å². The second-order valence-corrected chi connectivity index (χ2v) is 4.86. The monoisotopic (exact) mass is 155 g/mol. The lowest BCUT2D eigenvalue weighted by atomic mass is 9.81. The van der Waals surface area contributed by atoms with Crippen LogP contribution in [0.15, 0.2) is 0 Å². The molecule has 1 aliphatic heterocycles.